The predicted octanol–water partition coefficient (Wildman–Crippen LogP) is 3.96. The van der Waals surface area contributed by atoms with Gasteiger partial charge in [0.25, 0.3) is 0 Å². The van der Waals surface area contributed by atoms with Crippen molar-refractivity contribution in [3.63, 3.8) is 0 Å². The van der Waals surface area contributed by atoms with E-state index in [-0.39, 0.29) is 0 Å². The van der Waals surface area contributed by atoms with Crippen molar-refractivity contribution in [1.29, 1.82) is 0 Å². The van der Waals surface area contributed by atoms with Gasteiger partial charge in [0.1, 0.15) is 0 Å². The van der Waals surface area contributed by atoms with Gasteiger partial charge in [-0.2, -0.15) is 0 Å². The van der Waals surface area contributed by atoms with Crippen molar-refractivity contribution in [3.8, 4) is 0 Å². The first-order valence-corrected chi connectivity index (χ1v) is 5.42. The number of rotatable bonds is 7. The van der Waals surface area contributed by atoms with Crippen LogP contribution in [0.3, 0.4) is 0 Å². The van der Waals surface area contributed by atoms with Crippen LogP contribution < -0.4 is 0 Å². The summed E-state index contributed by atoms with van der Waals surface area (Å²) < 4.78 is 0. The molecule has 0 aromatic heterocycles. The van der Waals surface area contributed by atoms with Crippen LogP contribution in [0.15, 0.2) is 0 Å². The van der Waals surface area contributed by atoms with Gasteiger partial charge in [0.15, 0.2) is 0 Å². The minimum absolute atomic E-state index is 0.381. The van der Waals surface area contributed by atoms with Gasteiger partial charge in [-0.05, 0) is 5.92 Å². The van der Waals surface area contributed by atoms with Crippen LogP contribution in [0.4, 0.5) is 0 Å². The van der Waals surface area contributed by atoms with Crippen LogP contribution >= 0.6 is 0 Å². The monoisotopic (exact) mass is 166 g/mol. The van der Waals surface area contributed by atoms with E-state index in [9.17, 15) is 0 Å². The van der Waals surface area contributed by atoms with Crippen molar-refractivity contribution in [2.24, 2.45) is 5.92 Å². The third kappa shape index (κ3) is 8.16. The Morgan fingerprint density at radius 3 is 2.25 bits per heavy atom. The Kier molecular flexibility index (Phi) is 7.74. The van der Waals surface area contributed by atoms with E-state index in [0.29, 0.717) is 5.82 Å². The Hall–Kier alpha value is 0.0649. The maximum atomic E-state index is 5.72. The summed E-state index contributed by atoms with van der Waals surface area (Å²) in [6.07, 6.45) is 8.07. The Labute approximate surface area is 79.5 Å². The molecule has 0 amide bonds. The van der Waals surface area contributed by atoms with Crippen LogP contribution in [0.1, 0.15) is 59.3 Å². The van der Waals surface area contributed by atoms with Gasteiger partial charge in [0.2, 0.25) is 0 Å². The highest BCUT2D eigenvalue weighted by Gasteiger charge is 2.03. The van der Waals surface area contributed by atoms with Crippen LogP contribution in [-0.4, -0.2) is 7.85 Å². The summed E-state index contributed by atoms with van der Waals surface area (Å²) >= 11 is 0. The molecule has 0 saturated heterocycles. The van der Waals surface area contributed by atoms with E-state index in [2.05, 4.69) is 20.8 Å². The highest BCUT2D eigenvalue weighted by atomic mass is 14.1. The standard InChI is InChI=1S/C11H23B/c1-4-5-6-7-8-10(2)9-11(3)12/h10-11H,4-9H2,1-3H3/t10-,11?/m1/s1. The predicted molar refractivity (Wildman–Crippen MR) is 57.7 cm³/mol. The lowest BCUT2D eigenvalue weighted by molar-refractivity contribution is 0.455. The molecule has 0 aliphatic heterocycles. The number of hydrogen-bond donors (Lipinski definition) is 0. The van der Waals surface area contributed by atoms with Gasteiger partial charge < -0.3 is 0 Å². The van der Waals surface area contributed by atoms with E-state index in [1.165, 1.54) is 38.5 Å². The average molecular weight is 166 g/mol. The number of hydrogen-bond acceptors (Lipinski definition) is 0. The van der Waals surface area contributed by atoms with E-state index >= 15 is 0 Å². The highest BCUT2D eigenvalue weighted by molar-refractivity contribution is 6.11. The van der Waals surface area contributed by atoms with Gasteiger partial charge in [-0.3, -0.25) is 0 Å². The molecule has 0 rings (SSSR count). The van der Waals surface area contributed by atoms with Crippen LogP contribution in [0.25, 0.3) is 0 Å². The van der Waals surface area contributed by atoms with Gasteiger partial charge in [0.05, 0.1) is 7.85 Å². The minimum Gasteiger partial charge on any atom is -0.0799 e. The third-order valence-corrected chi connectivity index (χ3v) is 2.32. The molecular weight excluding hydrogens is 143 g/mol. The zero-order chi connectivity index (χ0) is 9.40. The zero-order valence-electron chi connectivity index (χ0n) is 8.97. The molecule has 0 heterocycles. The molecule has 12 heavy (non-hydrogen) atoms. The van der Waals surface area contributed by atoms with Crippen molar-refractivity contribution in [1.82, 2.24) is 0 Å². The molecule has 0 aliphatic carbocycles. The SMILES string of the molecule is [B]C(C)C[C@H](C)CCCCCC. The van der Waals surface area contributed by atoms with Gasteiger partial charge in [-0.1, -0.05) is 65.1 Å². The van der Waals surface area contributed by atoms with Crippen molar-refractivity contribution in [2.75, 3.05) is 0 Å². The molecule has 0 aliphatic rings. The molecule has 1 unspecified atom stereocenters. The van der Waals surface area contributed by atoms with Gasteiger partial charge in [0, 0.05) is 0 Å². The van der Waals surface area contributed by atoms with E-state index in [1.54, 1.807) is 0 Å². The molecular formula is C11H23B. The fraction of sp³-hybridized carbons (Fsp3) is 1.00. The Morgan fingerprint density at radius 1 is 1.08 bits per heavy atom. The molecule has 0 nitrogen and oxygen atoms in total. The van der Waals surface area contributed by atoms with Crippen LogP contribution in [0.5, 0.6) is 0 Å². The first kappa shape index (κ1) is 12.1. The zero-order valence-corrected chi connectivity index (χ0v) is 8.97. The summed E-state index contributed by atoms with van der Waals surface area (Å²) in [6, 6.07) is 0. The first-order chi connectivity index (χ1) is 5.66. The Bertz CT molecular complexity index is 89.0. The summed E-state index contributed by atoms with van der Waals surface area (Å²) in [5.74, 6) is 1.20. The third-order valence-electron chi connectivity index (χ3n) is 2.32. The van der Waals surface area contributed by atoms with Crippen LogP contribution in [-0.2, 0) is 0 Å². The van der Waals surface area contributed by atoms with Gasteiger partial charge >= 0.3 is 0 Å². The second-order valence-electron chi connectivity index (χ2n) is 4.17. The molecule has 0 bridgehead atoms. The quantitative estimate of drug-likeness (QED) is 0.396. The minimum atomic E-state index is 0.381. The lowest BCUT2D eigenvalue weighted by atomic mass is 9.81. The second kappa shape index (κ2) is 7.70. The molecule has 0 fully saturated rings. The molecule has 0 N–H and O–H groups in total. The van der Waals surface area contributed by atoms with Crippen molar-refractivity contribution < 1.29 is 0 Å². The molecule has 0 aromatic carbocycles. The summed E-state index contributed by atoms with van der Waals surface area (Å²) in [7, 11) is 5.72. The van der Waals surface area contributed by atoms with E-state index in [4.69, 9.17) is 7.85 Å². The molecule has 0 saturated carbocycles. The summed E-state index contributed by atoms with van der Waals surface area (Å²) in [5.41, 5.74) is 0. The van der Waals surface area contributed by atoms with Gasteiger partial charge in [-0.15, -0.1) is 0 Å². The van der Waals surface area contributed by atoms with Crippen molar-refractivity contribution in [3.05, 3.63) is 0 Å². The molecule has 2 atom stereocenters. The van der Waals surface area contributed by atoms with E-state index in [1.807, 2.05) is 0 Å². The molecule has 0 aromatic rings. The van der Waals surface area contributed by atoms with Crippen LogP contribution in [0, 0.1) is 5.92 Å². The van der Waals surface area contributed by atoms with Crippen LogP contribution in [0.2, 0.25) is 5.82 Å². The fourth-order valence-electron chi connectivity index (χ4n) is 1.67. The largest absolute Gasteiger partial charge is 0.0799 e. The van der Waals surface area contributed by atoms with E-state index < -0.39 is 0 Å². The lowest BCUT2D eigenvalue weighted by Crippen LogP contribution is -1.98. The summed E-state index contributed by atoms with van der Waals surface area (Å²) in [6.45, 7) is 6.67. The first-order valence-electron chi connectivity index (χ1n) is 5.42. The highest BCUT2D eigenvalue weighted by Crippen LogP contribution is 2.19. The molecule has 0 spiro atoms. The second-order valence-corrected chi connectivity index (χ2v) is 4.17. The Balaban J connectivity index is 3.14. The lowest BCUT2D eigenvalue weighted by Gasteiger charge is -2.13. The van der Waals surface area contributed by atoms with Crippen molar-refractivity contribution >= 4 is 7.85 Å². The maximum absolute atomic E-state index is 5.72. The average Bonchev–Trinajstić information content (AvgIpc) is 1.97. The Morgan fingerprint density at radius 2 is 1.75 bits per heavy atom. The normalized spacial score (nSPS) is 15.9. The van der Waals surface area contributed by atoms with Crippen molar-refractivity contribution in [2.45, 2.75) is 65.1 Å². The maximum Gasteiger partial charge on any atom is 0.0695 e. The smallest absolute Gasteiger partial charge is 0.0695 e. The fourth-order valence-corrected chi connectivity index (χ4v) is 1.67. The molecule has 70 valence electrons. The molecule has 2 radical (unpaired) electrons. The summed E-state index contributed by atoms with van der Waals surface area (Å²) in [4.78, 5) is 0. The summed E-state index contributed by atoms with van der Waals surface area (Å²) in [5, 5.41) is 0. The van der Waals surface area contributed by atoms with E-state index in [0.717, 1.165) is 5.92 Å². The number of unbranched alkanes of at least 4 members (excludes halogenated alkanes) is 3. The van der Waals surface area contributed by atoms with Gasteiger partial charge in [-0.25, -0.2) is 0 Å². The molecule has 1 heteroatoms. The topological polar surface area (TPSA) is 0 Å².